The first-order valence-corrected chi connectivity index (χ1v) is 16.6. The fourth-order valence-electron chi connectivity index (χ4n) is 4.60. The van der Waals surface area contributed by atoms with Crippen LogP contribution >= 0.6 is 11.8 Å². The quantitative estimate of drug-likeness (QED) is 0.170. The molecule has 0 aliphatic heterocycles. The van der Waals surface area contributed by atoms with E-state index in [1.807, 2.05) is 37.4 Å². The Balaban J connectivity index is 3.39. The van der Waals surface area contributed by atoms with Crippen LogP contribution in [0.25, 0.3) is 0 Å². The van der Waals surface area contributed by atoms with E-state index in [-0.39, 0.29) is 11.8 Å². The number of unbranched alkanes of at least 4 members (excludes halogenated alkanes) is 7. The number of nitrogens with zero attached hydrogens (tertiary/aromatic N) is 1. The third-order valence-electron chi connectivity index (χ3n) is 6.76. The lowest BCUT2D eigenvalue weighted by Crippen LogP contribution is -2.53. The molecular weight excluding hydrogens is 522 g/mol. The summed E-state index contributed by atoms with van der Waals surface area (Å²) in [7, 11) is 0. The number of carbonyl (C=O) groups excluding carboxylic acids is 3. The lowest BCUT2D eigenvalue weighted by molar-refractivity contribution is -0.142. The second-order valence-electron chi connectivity index (χ2n) is 11.5. The van der Waals surface area contributed by atoms with Gasteiger partial charge in [0.25, 0.3) is 0 Å². The highest BCUT2D eigenvalue weighted by Crippen LogP contribution is 2.27. The Morgan fingerprint density at radius 3 is 2.20 bits per heavy atom. The van der Waals surface area contributed by atoms with Gasteiger partial charge in [-0.05, 0) is 70.1 Å². The summed E-state index contributed by atoms with van der Waals surface area (Å²) < 4.78 is 5.50. The molecule has 0 fully saturated rings. The molecule has 0 spiro atoms. The van der Waals surface area contributed by atoms with Crippen LogP contribution in [-0.2, 0) is 14.3 Å². The Morgan fingerprint density at radius 2 is 1.57 bits per heavy atom. The zero-order valence-electron chi connectivity index (χ0n) is 26.1. The summed E-state index contributed by atoms with van der Waals surface area (Å²) in [5.74, 6) is 0.269. The van der Waals surface area contributed by atoms with Crippen molar-refractivity contribution in [3.63, 3.8) is 0 Å². The maximum Gasteiger partial charge on any atom is 0.408 e. The number of nitrogens with one attached hydrogen (secondary N) is 2. The van der Waals surface area contributed by atoms with Gasteiger partial charge in [0, 0.05) is 13.1 Å². The summed E-state index contributed by atoms with van der Waals surface area (Å²) in [6.45, 7) is 12.7. The molecule has 0 aromatic heterocycles. The van der Waals surface area contributed by atoms with Crippen LogP contribution in [0, 0.1) is 6.92 Å². The first-order valence-electron chi connectivity index (χ1n) is 15.2. The normalized spacial score (nSPS) is 12.9. The molecule has 0 saturated carbocycles. The van der Waals surface area contributed by atoms with Crippen LogP contribution in [0.5, 0.6) is 0 Å². The molecule has 0 heterocycles. The van der Waals surface area contributed by atoms with Crippen LogP contribution < -0.4 is 10.6 Å². The molecule has 7 nitrogen and oxygen atoms in total. The summed E-state index contributed by atoms with van der Waals surface area (Å²) in [5.41, 5.74) is 1.09. The standard InChI is InChI=1S/C32H55N3O4S/c1-8-10-12-13-14-18-23-35(30(37)27(21-24-40-7)34-31(38)39-32(4,5)6)28(26-20-16-15-19-25(26)3)29(36)33-22-17-11-9-2/h15-16,19-20,27-28H,8-14,17-18,21-24H2,1-7H3,(H,33,36)(H,34,38). The van der Waals surface area contributed by atoms with E-state index < -0.39 is 23.8 Å². The third-order valence-corrected chi connectivity index (χ3v) is 7.40. The minimum absolute atomic E-state index is 0.175. The number of benzene rings is 1. The van der Waals surface area contributed by atoms with E-state index in [2.05, 4.69) is 24.5 Å². The Kier molecular flexibility index (Phi) is 17.7. The molecule has 2 unspecified atom stereocenters. The summed E-state index contributed by atoms with van der Waals surface area (Å²) in [5, 5.41) is 5.93. The highest BCUT2D eigenvalue weighted by atomic mass is 32.2. The van der Waals surface area contributed by atoms with E-state index in [0.717, 1.165) is 49.7 Å². The van der Waals surface area contributed by atoms with Crippen molar-refractivity contribution >= 4 is 29.7 Å². The van der Waals surface area contributed by atoms with E-state index >= 15 is 0 Å². The van der Waals surface area contributed by atoms with Crippen molar-refractivity contribution in [2.24, 2.45) is 0 Å². The van der Waals surface area contributed by atoms with Gasteiger partial charge in [0.1, 0.15) is 17.7 Å². The SMILES string of the molecule is CCCCCCCCN(C(=O)C(CCSC)NC(=O)OC(C)(C)C)C(C(=O)NCCCCC)c1ccccc1C. The van der Waals surface area contributed by atoms with Crippen LogP contribution in [0.15, 0.2) is 24.3 Å². The molecule has 0 saturated heterocycles. The minimum atomic E-state index is -0.790. The van der Waals surface area contributed by atoms with Crippen molar-refractivity contribution < 1.29 is 19.1 Å². The molecule has 2 atom stereocenters. The van der Waals surface area contributed by atoms with Crippen molar-refractivity contribution in [3.05, 3.63) is 35.4 Å². The molecular formula is C32H55N3O4S. The molecule has 0 aliphatic carbocycles. The number of aryl methyl sites for hydroxylation is 1. The van der Waals surface area contributed by atoms with Crippen molar-refractivity contribution in [1.29, 1.82) is 0 Å². The maximum absolute atomic E-state index is 14.3. The number of rotatable bonds is 19. The summed E-state index contributed by atoms with van der Waals surface area (Å²) in [6.07, 6.45) is 11.2. The lowest BCUT2D eigenvalue weighted by Gasteiger charge is -2.35. The Bertz CT molecular complexity index is 887. The Labute approximate surface area is 248 Å². The molecule has 228 valence electrons. The lowest BCUT2D eigenvalue weighted by atomic mass is 9.97. The zero-order chi connectivity index (χ0) is 30.0. The average Bonchev–Trinajstić information content (AvgIpc) is 2.89. The van der Waals surface area contributed by atoms with Crippen molar-refractivity contribution in [3.8, 4) is 0 Å². The summed E-state index contributed by atoms with van der Waals surface area (Å²) in [4.78, 5) is 42.6. The van der Waals surface area contributed by atoms with Crippen LogP contribution in [0.2, 0.25) is 0 Å². The molecule has 2 N–H and O–H groups in total. The smallest absolute Gasteiger partial charge is 0.408 e. The van der Waals surface area contributed by atoms with Crippen molar-refractivity contribution in [2.75, 3.05) is 25.1 Å². The van der Waals surface area contributed by atoms with E-state index in [1.54, 1.807) is 37.4 Å². The fraction of sp³-hybridized carbons (Fsp3) is 0.719. The summed E-state index contributed by atoms with van der Waals surface area (Å²) >= 11 is 1.62. The van der Waals surface area contributed by atoms with Gasteiger partial charge >= 0.3 is 6.09 Å². The second-order valence-corrected chi connectivity index (χ2v) is 12.5. The number of hydrogen-bond donors (Lipinski definition) is 2. The third kappa shape index (κ3) is 13.9. The van der Waals surface area contributed by atoms with Crippen molar-refractivity contribution in [1.82, 2.24) is 15.5 Å². The maximum atomic E-state index is 14.3. The van der Waals surface area contributed by atoms with Crippen LogP contribution in [0.1, 0.15) is 116 Å². The van der Waals surface area contributed by atoms with Gasteiger partial charge in [0.2, 0.25) is 11.8 Å². The van der Waals surface area contributed by atoms with Gasteiger partial charge in [0.05, 0.1) is 0 Å². The predicted octanol–water partition coefficient (Wildman–Crippen LogP) is 7.18. The largest absolute Gasteiger partial charge is 0.444 e. The first-order chi connectivity index (χ1) is 19.1. The van der Waals surface area contributed by atoms with Crippen LogP contribution in [0.4, 0.5) is 4.79 Å². The van der Waals surface area contributed by atoms with Gasteiger partial charge in [0.15, 0.2) is 0 Å². The van der Waals surface area contributed by atoms with Gasteiger partial charge < -0.3 is 20.3 Å². The fourth-order valence-corrected chi connectivity index (χ4v) is 5.07. The minimum Gasteiger partial charge on any atom is -0.444 e. The highest BCUT2D eigenvalue weighted by molar-refractivity contribution is 7.98. The number of carbonyl (C=O) groups is 3. The molecule has 0 bridgehead atoms. The van der Waals surface area contributed by atoms with E-state index in [0.29, 0.717) is 25.3 Å². The number of amides is 3. The number of ether oxygens (including phenoxy) is 1. The summed E-state index contributed by atoms with van der Waals surface area (Å²) in [6, 6.07) is 6.21. The Morgan fingerprint density at radius 1 is 0.950 bits per heavy atom. The van der Waals surface area contributed by atoms with Crippen molar-refractivity contribution in [2.45, 2.75) is 123 Å². The topological polar surface area (TPSA) is 87.7 Å². The van der Waals surface area contributed by atoms with Crippen LogP contribution in [0.3, 0.4) is 0 Å². The molecule has 1 aromatic rings. The van der Waals surface area contributed by atoms with Gasteiger partial charge in [-0.2, -0.15) is 11.8 Å². The molecule has 3 amide bonds. The van der Waals surface area contributed by atoms with Gasteiger partial charge in [-0.15, -0.1) is 0 Å². The average molecular weight is 578 g/mol. The molecule has 40 heavy (non-hydrogen) atoms. The zero-order valence-corrected chi connectivity index (χ0v) is 27.0. The molecule has 1 aromatic carbocycles. The molecule has 1 rings (SSSR count). The van der Waals surface area contributed by atoms with E-state index in [4.69, 9.17) is 4.74 Å². The highest BCUT2D eigenvalue weighted by Gasteiger charge is 2.36. The second kappa shape index (κ2) is 19.8. The van der Waals surface area contributed by atoms with Gasteiger partial charge in [-0.25, -0.2) is 4.79 Å². The number of hydrogen-bond acceptors (Lipinski definition) is 5. The van der Waals surface area contributed by atoms with Gasteiger partial charge in [-0.1, -0.05) is 83.1 Å². The molecule has 0 aliphatic rings. The van der Waals surface area contributed by atoms with E-state index in [9.17, 15) is 14.4 Å². The Hall–Kier alpha value is -2.22. The van der Waals surface area contributed by atoms with Gasteiger partial charge in [-0.3, -0.25) is 9.59 Å². The molecule has 8 heteroatoms. The van der Waals surface area contributed by atoms with Crippen LogP contribution in [-0.4, -0.2) is 59.5 Å². The predicted molar refractivity (Wildman–Crippen MR) is 168 cm³/mol. The molecule has 0 radical (unpaired) electrons. The van der Waals surface area contributed by atoms with E-state index in [1.165, 1.54) is 19.3 Å². The monoisotopic (exact) mass is 577 g/mol. The number of alkyl carbamates (subject to hydrolysis) is 1. The first kappa shape index (κ1) is 35.8. The number of thioether (sulfide) groups is 1.